The maximum Gasteiger partial charge on any atom is 0.307 e. The van der Waals surface area contributed by atoms with Crippen molar-refractivity contribution >= 4 is 5.97 Å². The van der Waals surface area contributed by atoms with Crippen molar-refractivity contribution in [1.29, 1.82) is 0 Å². The van der Waals surface area contributed by atoms with Gasteiger partial charge in [-0.25, -0.2) is 0 Å². The number of aromatic nitrogens is 2. The lowest BCUT2D eigenvalue weighted by molar-refractivity contribution is -0.136. The van der Waals surface area contributed by atoms with E-state index >= 15 is 0 Å². The normalized spacial score (nSPS) is 10.7. The highest BCUT2D eigenvalue weighted by molar-refractivity contribution is 5.81. The predicted molar refractivity (Wildman–Crippen MR) is 110 cm³/mol. The van der Waals surface area contributed by atoms with Gasteiger partial charge in [0.2, 0.25) is 0 Å². The largest absolute Gasteiger partial charge is 0.481 e. The number of rotatable bonds is 6. The molecule has 0 saturated carbocycles. The second kappa shape index (κ2) is 7.92. The number of nitrogens with zero attached hydrogens (tertiary/aromatic N) is 2. The molecule has 0 aliphatic carbocycles. The molecule has 0 amide bonds. The Kier molecular flexibility index (Phi) is 5.02. The van der Waals surface area contributed by atoms with Crippen molar-refractivity contribution in [2.75, 3.05) is 0 Å². The van der Waals surface area contributed by atoms with Crippen molar-refractivity contribution in [1.82, 2.24) is 9.78 Å². The first-order valence-corrected chi connectivity index (χ1v) is 9.18. The Morgan fingerprint density at radius 1 is 0.786 bits per heavy atom. The third-order valence-corrected chi connectivity index (χ3v) is 4.65. The molecule has 138 valence electrons. The Balaban J connectivity index is 1.93. The summed E-state index contributed by atoms with van der Waals surface area (Å²) in [5, 5.41) is 14.4. The summed E-state index contributed by atoms with van der Waals surface area (Å²) < 4.78 is 1.92. The number of carboxylic acids is 1. The molecule has 0 unspecified atom stereocenters. The third kappa shape index (κ3) is 3.71. The van der Waals surface area contributed by atoms with E-state index in [-0.39, 0.29) is 6.42 Å². The van der Waals surface area contributed by atoms with Crippen LogP contribution in [0, 0.1) is 0 Å². The zero-order valence-corrected chi connectivity index (χ0v) is 15.3. The van der Waals surface area contributed by atoms with E-state index in [1.807, 2.05) is 83.5 Å². The average Bonchev–Trinajstić information content (AvgIpc) is 3.07. The SMILES string of the molecule is O=C(O)Cc1c(-c2ccccc2)nn(Cc2ccccc2)c1-c1ccccc1. The summed E-state index contributed by atoms with van der Waals surface area (Å²) in [6.45, 7) is 0.574. The monoisotopic (exact) mass is 368 g/mol. The van der Waals surface area contributed by atoms with Crippen LogP contribution in [0.1, 0.15) is 11.1 Å². The number of aliphatic carboxylic acids is 1. The van der Waals surface area contributed by atoms with Crippen LogP contribution in [0.25, 0.3) is 22.5 Å². The Labute approximate surface area is 163 Å². The second-order valence-corrected chi connectivity index (χ2v) is 6.62. The highest BCUT2D eigenvalue weighted by Crippen LogP contribution is 2.33. The van der Waals surface area contributed by atoms with Crippen LogP contribution in [0.2, 0.25) is 0 Å². The van der Waals surface area contributed by atoms with Gasteiger partial charge in [-0.15, -0.1) is 0 Å². The smallest absolute Gasteiger partial charge is 0.307 e. The van der Waals surface area contributed by atoms with Crippen molar-refractivity contribution in [2.24, 2.45) is 0 Å². The van der Waals surface area contributed by atoms with Crippen molar-refractivity contribution in [3.8, 4) is 22.5 Å². The Morgan fingerprint density at radius 2 is 1.32 bits per heavy atom. The van der Waals surface area contributed by atoms with Crippen molar-refractivity contribution in [2.45, 2.75) is 13.0 Å². The van der Waals surface area contributed by atoms with E-state index in [1.165, 1.54) is 0 Å². The second-order valence-electron chi connectivity index (χ2n) is 6.62. The van der Waals surface area contributed by atoms with Crippen LogP contribution >= 0.6 is 0 Å². The highest BCUT2D eigenvalue weighted by atomic mass is 16.4. The van der Waals surface area contributed by atoms with Crippen LogP contribution in [-0.4, -0.2) is 20.9 Å². The summed E-state index contributed by atoms with van der Waals surface area (Å²) in [6.07, 6.45) is -0.0801. The van der Waals surface area contributed by atoms with E-state index in [0.29, 0.717) is 6.54 Å². The number of carboxylic acid groups (broad SMARTS) is 1. The molecule has 28 heavy (non-hydrogen) atoms. The first kappa shape index (κ1) is 17.7. The van der Waals surface area contributed by atoms with Gasteiger partial charge in [-0.1, -0.05) is 91.0 Å². The first-order valence-electron chi connectivity index (χ1n) is 9.18. The molecular weight excluding hydrogens is 348 g/mol. The van der Waals surface area contributed by atoms with Gasteiger partial charge in [0, 0.05) is 16.7 Å². The van der Waals surface area contributed by atoms with Crippen LogP contribution in [0.4, 0.5) is 0 Å². The molecule has 4 heteroatoms. The molecule has 1 heterocycles. The summed E-state index contributed by atoms with van der Waals surface area (Å²) >= 11 is 0. The van der Waals surface area contributed by atoms with E-state index in [1.54, 1.807) is 0 Å². The van der Waals surface area contributed by atoms with Gasteiger partial charge in [-0.3, -0.25) is 9.48 Å². The summed E-state index contributed by atoms with van der Waals surface area (Å²) in [5.41, 5.74) is 5.31. The van der Waals surface area contributed by atoms with Crippen molar-refractivity contribution in [3.05, 3.63) is 102 Å². The molecular formula is C24H20N2O2. The van der Waals surface area contributed by atoms with E-state index in [0.717, 1.165) is 33.6 Å². The Bertz CT molecular complexity index is 1070. The molecule has 0 spiro atoms. The molecule has 0 bridgehead atoms. The number of hydrogen-bond donors (Lipinski definition) is 1. The lowest BCUT2D eigenvalue weighted by Crippen LogP contribution is -2.06. The van der Waals surface area contributed by atoms with E-state index in [9.17, 15) is 9.90 Å². The molecule has 0 atom stereocenters. The lowest BCUT2D eigenvalue weighted by atomic mass is 9.99. The number of benzene rings is 3. The number of carbonyl (C=O) groups is 1. The van der Waals surface area contributed by atoms with Gasteiger partial charge in [-0.2, -0.15) is 5.10 Å². The van der Waals surface area contributed by atoms with E-state index in [2.05, 4.69) is 12.1 Å². The average molecular weight is 368 g/mol. The maximum absolute atomic E-state index is 11.7. The molecule has 0 aliphatic heterocycles. The van der Waals surface area contributed by atoms with Gasteiger partial charge < -0.3 is 5.11 Å². The van der Waals surface area contributed by atoms with Crippen LogP contribution in [0.15, 0.2) is 91.0 Å². The zero-order valence-electron chi connectivity index (χ0n) is 15.3. The van der Waals surface area contributed by atoms with Crippen LogP contribution in [0.3, 0.4) is 0 Å². The number of hydrogen-bond acceptors (Lipinski definition) is 2. The van der Waals surface area contributed by atoms with Crippen LogP contribution < -0.4 is 0 Å². The molecule has 4 nitrogen and oxygen atoms in total. The summed E-state index contributed by atoms with van der Waals surface area (Å²) in [7, 11) is 0. The lowest BCUT2D eigenvalue weighted by Gasteiger charge is -2.10. The van der Waals surface area contributed by atoms with Crippen LogP contribution in [0.5, 0.6) is 0 Å². The highest BCUT2D eigenvalue weighted by Gasteiger charge is 2.22. The topological polar surface area (TPSA) is 55.1 Å². The fourth-order valence-corrected chi connectivity index (χ4v) is 3.44. The fourth-order valence-electron chi connectivity index (χ4n) is 3.44. The summed E-state index contributed by atoms with van der Waals surface area (Å²) in [6, 6.07) is 29.7. The zero-order chi connectivity index (χ0) is 19.3. The molecule has 0 aliphatic rings. The van der Waals surface area contributed by atoms with Crippen LogP contribution in [-0.2, 0) is 17.8 Å². The quantitative estimate of drug-likeness (QED) is 0.527. The van der Waals surface area contributed by atoms with Gasteiger partial charge in [0.25, 0.3) is 0 Å². The third-order valence-electron chi connectivity index (χ3n) is 4.65. The van der Waals surface area contributed by atoms with Gasteiger partial charge in [0.05, 0.1) is 24.4 Å². The molecule has 1 aromatic heterocycles. The minimum Gasteiger partial charge on any atom is -0.481 e. The first-order chi connectivity index (χ1) is 13.7. The fraction of sp³-hybridized carbons (Fsp3) is 0.0833. The predicted octanol–water partition coefficient (Wildman–Crippen LogP) is 4.89. The summed E-state index contributed by atoms with van der Waals surface area (Å²) in [4.78, 5) is 11.7. The van der Waals surface area contributed by atoms with Crippen molar-refractivity contribution in [3.63, 3.8) is 0 Å². The molecule has 0 fully saturated rings. The molecule has 0 radical (unpaired) electrons. The summed E-state index contributed by atoms with van der Waals surface area (Å²) in [5.74, 6) is -0.867. The molecule has 4 rings (SSSR count). The Morgan fingerprint density at radius 3 is 1.89 bits per heavy atom. The maximum atomic E-state index is 11.7. The van der Waals surface area contributed by atoms with Gasteiger partial charge >= 0.3 is 5.97 Å². The van der Waals surface area contributed by atoms with Crippen molar-refractivity contribution < 1.29 is 9.90 Å². The van der Waals surface area contributed by atoms with Gasteiger partial charge in [-0.05, 0) is 5.56 Å². The van der Waals surface area contributed by atoms with Gasteiger partial charge in [0.15, 0.2) is 0 Å². The van der Waals surface area contributed by atoms with E-state index < -0.39 is 5.97 Å². The molecule has 4 aromatic rings. The molecule has 0 saturated heterocycles. The standard InChI is InChI=1S/C24H20N2O2/c27-22(28)16-21-23(19-12-6-2-7-13-19)25-26(17-18-10-4-1-5-11-18)24(21)20-14-8-3-9-15-20/h1-15H,16-17H2,(H,27,28). The van der Waals surface area contributed by atoms with E-state index in [4.69, 9.17) is 5.10 Å². The molecule has 1 N–H and O–H groups in total. The molecule has 3 aromatic carbocycles. The Hall–Kier alpha value is -3.66. The van der Waals surface area contributed by atoms with Gasteiger partial charge in [0.1, 0.15) is 0 Å². The minimum atomic E-state index is -0.867. The minimum absolute atomic E-state index is 0.0801.